The minimum atomic E-state index is -0.422. The molecule has 2 nitrogen and oxygen atoms in total. The third kappa shape index (κ3) is 3.65. The first-order valence-corrected chi connectivity index (χ1v) is 7.22. The number of aliphatic hydroxyl groups is 1. The van der Waals surface area contributed by atoms with E-state index in [2.05, 4.69) is 26.1 Å². The molecule has 0 bridgehead atoms. The van der Waals surface area contributed by atoms with Gasteiger partial charge in [0.25, 0.3) is 0 Å². The second-order valence-electron chi connectivity index (χ2n) is 4.73. The van der Waals surface area contributed by atoms with Gasteiger partial charge in [0.2, 0.25) is 0 Å². The molecule has 0 spiro atoms. The van der Waals surface area contributed by atoms with Crippen molar-refractivity contribution < 1.29 is 5.11 Å². The van der Waals surface area contributed by atoms with Crippen molar-refractivity contribution in [3.63, 3.8) is 0 Å². The molecule has 2 N–H and O–H groups in total. The largest absolute Gasteiger partial charge is 0.387 e. The SMILES string of the molecule is CCSC1CCC1(O)CNCC(C)CC. The van der Waals surface area contributed by atoms with Crippen LogP contribution in [0.2, 0.25) is 0 Å². The van der Waals surface area contributed by atoms with Crippen molar-refractivity contribution in [1.82, 2.24) is 5.32 Å². The van der Waals surface area contributed by atoms with E-state index in [-0.39, 0.29) is 0 Å². The maximum Gasteiger partial charge on any atom is 0.0889 e. The van der Waals surface area contributed by atoms with Gasteiger partial charge in [-0.2, -0.15) is 11.8 Å². The van der Waals surface area contributed by atoms with Crippen LogP contribution in [0.3, 0.4) is 0 Å². The van der Waals surface area contributed by atoms with Gasteiger partial charge in [-0.1, -0.05) is 27.2 Å². The molecule has 1 aliphatic rings. The van der Waals surface area contributed by atoms with Crippen LogP contribution in [0.5, 0.6) is 0 Å². The summed E-state index contributed by atoms with van der Waals surface area (Å²) in [6.07, 6.45) is 3.36. The van der Waals surface area contributed by atoms with Crippen molar-refractivity contribution >= 4 is 11.8 Å². The Morgan fingerprint density at radius 3 is 2.73 bits per heavy atom. The molecule has 0 aromatic heterocycles. The zero-order valence-corrected chi connectivity index (χ0v) is 11.1. The first-order chi connectivity index (χ1) is 7.12. The molecule has 0 heterocycles. The van der Waals surface area contributed by atoms with Crippen LogP contribution in [0.25, 0.3) is 0 Å². The molecular formula is C12H25NOS. The molecule has 0 aromatic rings. The van der Waals surface area contributed by atoms with Gasteiger partial charge in [-0.15, -0.1) is 0 Å². The molecule has 3 heteroatoms. The van der Waals surface area contributed by atoms with E-state index in [1.165, 1.54) is 12.8 Å². The van der Waals surface area contributed by atoms with Gasteiger partial charge in [0.15, 0.2) is 0 Å². The van der Waals surface area contributed by atoms with Crippen molar-refractivity contribution in [1.29, 1.82) is 0 Å². The first kappa shape index (κ1) is 13.3. The lowest BCUT2D eigenvalue weighted by molar-refractivity contribution is -0.0236. The lowest BCUT2D eigenvalue weighted by atomic mass is 9.79. The summed E-state index contributed by atoms with van der Waals surface area (Å²) in [5, 5.41) is 14.2. The van der Waals surface area contributed by atoms with E-state index in [9.17, 15) is 5.11 Å². The van der Waals surface area contributed by atoms with Gasteiger partial charge in [0, 0.05) is 11.8 Å². The van der Waals surface area contributed by atoms with Crippen molar-refractivity contribution in [2.45, 2.75) is 50.9 Å². The molecule has 0 aromatic carbocycles. The maximum atomic E-state index is 10.3. The summed E-state index contributed by atoms with van der Waals surface area (Å²) in [6.45, 7) is 8.42. The molecule has 1 rings (SSSR count). The minimum Gasteiger partial charge on any atom is -0.387 e. The molecule has 1 saturated carbocycles. The fourth-order valence-electron chi connectivity index (χ4n) is 1.92. The number of hydrogen-bond acceptors (Lipinski definition) is 3. The van der Waals surface area contributed by atoms with Crippen LogP contribution in [-0.4, -0.2) is 34.8 Å². The molecule has 0 aliphatic heterocycles. The first-order valence-electron chi connectivity index (χ1n) is 6.17. The molecule has 0 saturated heterocycles. The molecule has 0 radical (unpaired) electrons. The lowest BCUT2D eigenvalue weighted by Crippen LogP contribution is -2.56. The van der Waals surface area contributed by atoms with Gasteiger partial charge in [-0.3, -0.25) is 0 Å². The third-order valence-electron chi connectivity index (χ3n) is 3.43. The Balaban J connectivity index is 2.19. The summed E-state index contributed by atoms with van der Waals surface area (Å²) < 4.78 is 0. The van der Waals surface area contributed by atoms with Crippen LogP contribution in [0, 0.1) is 5.92 Å². The maximum absolute atomic E-state index is 10.3. The quantitative estimate of drug-likeness (QED) is 0.705. The Hall–Kier alpha value is 0.270. The normalized spacial score (nSPS) is 32.4. The zero-order valence-electron chi connectivity index (χ0n) is 10.3. The lowest BCUT2D eigenvalue weighted by Gasteiger charge is -2.45. The van der Waals surface area contributed by atoms with Gasteiger partial charge in [-0.05, 0) is 31.1 Å². The monoisotopic (exact) mass is 231 g/mol. The topological polar surface area (TPSA) is 32.3 Å². The minimum absolute atomic E-state index is 0.422. The highest BCUT2D eigenvalue weighted by atomic mass is 32.2. The summed E-state index contributed by atoms with van der Waals surface area (Å²) >= 11 is 1.90. The fraction of sp³-hybridized carbons (Fsp3) is 1.00. The highest BCUT2D eigenvalue weighted by Crippen LogP contribution is 2.40. The number of nitrogens with one attached hydrogen (secondary N) is 1. The summed E-state index contributed by atoms with van der Waals surface area (Å²) in [7, 11) is 0. The molecule has 15 heavy (non-hydrogen) atoms. The Kier molecular flexibility index (Phi) is 5.44. The molecule has 90 valence electrons. The smallest absolute Gasteiger partial charge is 0.0889 e. The summed E-state index contributed by atoms with van der Waals surface area (Å²) in [5.74, 6) is 1.82. The van der Waals surface area contributed by atoms with Crippen LogP contribution in [-0.2, 0) is 0 Å². The summed E-state index contributed by atoms with van der Waals surface area (Å²) in [5.41, 5.74) is -0.422. The molecule has 0 amide bonds. The molecule has 1 aliphatic carbocycles. The van der Waals surface area contributed by atoms with E-state index in [1.54, 1.807) is 0 Å². The second-order valence-corrected chi connectivity index (χ2v) is 6.21. The van der Waals surface area contributed by atoms with Crippen LogP contribution in [0.4, 0.5) is 0 Å². The van der Waals surface area contributed by atoms with Crippen molar-refractivity contribution in [3.8, 4) is 0 Å². The average Bonchev–Trinajstić information content (AvgIpc) is 2.23. The van der Waals surface area contributed by atoms with E-state index in [1.807, 2.05) is 11.8 Å². The zero-order chi connectivity index (χ0) is 11.3. The number of rotatable bonds is 7. The number of hydrogen-bond donors (Lipinski definition) is 2. The summed E-state index contributed by atoms with van der Waals surface area (Å²) in [6, 6.07) is 0. The van der Waals surface area contributed by atoms with E-state index < -0.39 is 5.60 Å². The van der Waals surface area contributed by atoms with E-state index >= 15 is 0 Å². The van der Waals surface area contributed by atoms with Crippen LogP contribution >= 0.6 is 11.8 Å². The predicted molar refractivity (Wildman–Crippen MR) is 68.4 cm³/mol. The Bertz CT molecular complexity index is 188. The molecular weight excluding hydrogens is 206 g/mol. The van der Waals surface area contributed by atoms with E-state index in [0.29, 0.717) is 11.2 Å². The fourth-order valence-corrected chi connectivity index (χ4v) is 3.11. The molecule has 3 atom stereocenters. The predicted octanol–water partition coefficient (Wildman–Crippen LogP) is 2.27. The third-order valence-corrected chi connectivity index (χ3v) is 4.84. The average molecular weight is 231 g/mol. The van der Waals surface area contributed by atoms with Gasteiger partial charge >= 0.3 is 0 Å². The Labute approximate surface area is 98.2 Å². The standard InChI is InChI=1S/C12H25NOS/c1-4-10(3)8-13-9-12(14)7-6-11(12)15-5-2/h10-11,13-14H,4-9H2,1-3H3. The van der Waals surface area contributed by atoms with E-state index in [4.69, 9.17) is 0 Å². The van der Waals surface area contributed by atoms with Crippen molar-refractivity contribution in [3.05, 3.63) is 0 Å². The molecule has 3 unspecified atom stereocenters. The van der Waals surface area contributed by atoms with Crippen molar-refractivity contribution in [2.75, 3.05) is 18.8 Å². The van der Waals surface area contributed by atoms with Crippen molar-refractivity contribution in [2.24, 2.45) is 5.92 Å². The van der Waals surface area contributed by atoms with Gasteiger partial charge in [-0.25, -0.2) is 0 Å². The Morgan fingerprint density at radius 2 is 2.27 bits per heavy atom. The van der Waals surface area contributed by atoms with Gasteiger partial charge < -0.3 is 10.4 Å². The van der Waals surface area contributed by atoms with Gasteiger partial charge in [0.1, 0.15) is 0 Å². The van der Waals surface area contributed by atoms with Crippen LogP contribution in [0.15, 0.2) is 0 Å². The van der Waals surface area contributed by atoms with E-state index in [0.717, 1.165) is 25.3 Å². The molecule has 1 fully saturated rings. The van der Waals surface area contributed by atoms with Gasteiger partial charge in [0.05, 0.1) is 5.60 Å². The highest BCUT2D eigenvalue weighted by molar-refractivity contribution is 8.00. The number of thioether (sulfide) groups is 1. The van der Waals surface area contributed by atoms with Crippen LogP contribution in [0.1, 0.15) is 40.0 Å². The highest BCUT2D eigenvalue weighted by Gasteiger charge is 2.44. The Morgan fingerprint density at radius 1 is 1.53 bits per heavy atom. The van der Waals surface area contributed by atoms with Crippen LogP contribution < -0.4 is 5.32 Å². The second kappa shape index (κ2) is 6.12. The summed E-state index contributed by atoms with van der Waals surface area (Å²) in [4.78, 5) is 0.